The van der Waals surface area contributed by atoms with Crippen LogP contribution in [0.15, 0.2) is 24.4 Å². The molecule has 0 aromatic carbocycles. The van der Waals surface area contributed by atoms with Crippen LogP contribution in [0.2, 0.25) is 0 Å². The summed E-state index contributed by atoms with van der Waals surface area (Å²) in [6.45, 7) is 3.75. The minimum atomic E-state index is -0.992. The summed E-state index contributed by atoms with van der Waals surface area (Å²) in [6.07, 6.45) is 0.890. The molecule has 0 spiro atoms. The zero-order chi connectivity index (χ0) is 12.4. The maximum absolute atomic E-state index is 11.2. The Labute approximate surface area is 99.1 Å². The van der Waals surface area contributed by atoms with Gasteiger partial charge in [-0.05, 0) is 26.0 Å². The third kappa shape index (κ3) is 2.45. The third-order valence-corrected chi connectivity index (χ3v) is 2.57. The molecule has 0 saturated carbocycles. The number of aliphatic hydroxyl groups excluding tert-OH is 1. The van der Waals surface area contributed by atoms with Gasteiger partial charge in [-0.2, -0.15) is 0 Å². The van der Waals surface area contributed by atoms with Crippen molar-refractivity contribution in [3.05, 3.63) is 35.8 Å². The van der Waals surface area contributed by atoms with Crippen LogP contribution in [0, 0.1) is 6.92 Å². The molecule has 2 N–H and O–H groups in total. The third-order valence-electron chi connectivity index (χ3n) is 2.57. The van der Waals surface area contributed by atoms with Crippen LogP contribution in [0.5, 0.6) is 0 Å². The number of rotatable bonds is 3. The molecule has 1 amide bonds. The Kier molecular flexibility index (Phi) is 3.10. The first-order chi connectivity index (χ1) is 8.08. The SMILES string of the molecule is Cc1cccc2nc(CNC(=O)C(C)O)cn12. The van der Waals surface area contributed by atoms with Crippen molar-refractivity contribution in [2.75, 3.05) is 0 Å². The van der Waals surface area contributed by atoms with Crippen LogP contribution in [0.3, 0.4) is 0 Å². The zero-order valence-corrected chi connectivity index (χ0v) is 9.84. The molecule has 1 atom stereocenters. The lowest BCUT2D eigenvalue weighted by Gasteiger charge is -2.04. The van der Waals surface area contributed by atoms with Crippen LogP contribution in [0.4, 0.5) is 0 Å². The summed E-state index contributed by atoms with van der Waals surface area (Å²) in [7, 11) is 0. The Morgan fingerprint density at radius 1 is 1.59 bits per heavy atom. The molecule has 2 rings (SSSR count). The molecule has 0 aliphatic heterocycles. The number of hydrogen-bond acceptors (Lipinski definition) is 3. The largest absolute Gasteiger partial charge is 0.384 e. The van der Waals surface area contributed by atoms with Crippen LogP contribution in [0.25, 0.3) is 5.65 Å². The fourth-order valence-electron chi connectivity index (χ4n) is 1.61. The Bertz CT molecular complexity index is 546. The van der Waals surface area contributed by atoms with Gasteiger partial charge in [0.2, 0.25) is 5.91 Å². The predicted octanol–water partition coefficient (Wildman–Crippen LogP) is 0.640. The Morgan fingerprint density at radius 2 is 2.35 bits per heavy atom. The van der Waals surface area contributed by atoms with Gasteiger partial charge in [-0.3, -0.25) is 4.79 Å². The van der Waals surface area contributed by atoms with Crippen molar-refractivity contribution in [2.24, 2.45) is 0 Å². The molecule has 0 aliphatic carbocycles. The highest BCUT2D eigenvalue weighted by Crippen LogP contribution is 2.08. The lowest BCUT2D eigenvalue weighted by atomic mass is 10.3. The fourth-order valence-corrected chi connectivity index (χ4v) is 1.61. The van der Waals surface area contributed by atoms with E-state index in [-0.39, 0.29) is 0 Å². The van der Waals surface area contributed by atoms with Crippen molar-refractivity contribution < 1.29 is 9.90 Å². The fraction of sp³-hybridized carbons (Fsp3) is 0.333. The van der Waals surface area contributed by atoms with Crippen molar-refractivity contribution in [1.82, 2.24) is 14.7 Å². The highest BCUT2D eigenvalue weighted by molar-refractivity contribution is 5.79. The lowest BCUT2D eigenvalue weighted by Crippen LogP contribution is -2.32. The van der Waals surface area contributed by atoms with Gasteiger partial charge in [-0.1, -0.05) is 6.07 Å². The minimum Gasteiger partial charge on any atom is -0.384 e. The molecule has 0 fully saturated rings. The van der Waals surface area contributed by atoms with E-state index in [2.05, 4.69) is 10.3 Å². The molecular formula is C12H15N3O2. The number of amides is 1. The predicted molar refractivity (Wildman–Crippen MR) is 63.5 cm³/mol. The van der Waals surface area contributed by atoms with Gasteiger partial charge in [0.15, 0.2) is 0 Å². The van der Waals surface area contributed by atoms with Gasteiger partial charge in [0.05, 0.1) is 12.2 Å². The summed E-state index contributed by atoms with van der Waals surface area (Å²) >= 11 is 0. The van der Waals surface area contributed by atoms with Crippen LogP contribution >= 0.6 is 0 Å². The van der Waals surface area contributed by atoms with E-state index in [1.807, 2.05) is 35.7 Å². The first-order valence-electron chi connectivity index (χ1n) is 5.47. The normalized spacial score (nSPS) is 12.6. The van der Waals surface area contributed by atoms with Gasteiger partial charge in [0.1, 0.15) is 11.8 Å². The second kappa shape index (κ2) is 4.55. The van der Waals surface area contributed by atoms with Crippen LogP contribution in [-0.2, 0) is 11.3 Å². The number of aromatic nitrogens is 2. The quantitative estimate of drug-likeness (QED) is 0.817. The van der Waals surface area contributed by atoms with Gasteiger partial charge in [0.25, 0.3) is 0 Å². The van der Waals surface area contributed by atoms with Gasteiger partial charge < -0.3 is 14.8 Å². The average molecular weight is 233 g/mol. The van der Waals surface area contributed by atoms with Crippen LogP contribution in [0.1, 0.15) is 18.3 Å². The maximum Gasteiger partial charge on any atom is 0.248 e. The van der Waals surface area contributed by atoms with Crippen molar-refractivity contribution in [1.29, 1.82) is 0 Å². The van der Waals surface area contributed by atoms with Crippen molar-refractivity contribution in [3.8, 4) is 0 Å². The number of nitrogens with one attached hydrogen (secondary N) is 1. The Hall–Kier alpha value is -1.88. The molecule has 1 unspecified atom stereocenters. The molecule has 17 heavy (non-hydrogen) atoms. The summed E-state index contributed by atoms with van der Waals surface area (Å²) in [6, 6.07) is 5.84. The minimum absolute atomic E-state index is 0.324. The first kappa shape index (κ1) is 11.6. The number of carbonyl (C=O) groups is 1. The number of carbonyl (C=O) groups excluding carboxylic acids is 1. The van der Waals surface area contributed by atoms with E-state index in [1.54, 1.807) is 0 Å². The molecule has 90 valence electrons. The summed E-state index contributed by atoms with van der Waals surface area (Å²) in [5.41, 5.74) is 2.71. The summed E-state index contributed by atoms with van der Waals surface area (Å²) in [4.78, 5) is 15.6. The second-order valence-corrected chi connectivity index (χ2v) is 4.02. The first-order valence-corrected chi connectivity index (χ1v) is 5.47. The van der Waals surface area contributed by atoms with Crippen LogP contribution in [-0.4, -0.2) is 26.5 Å². The molecule has 5 nitrogen and oxygen atoms in total. The number of imidazole rings is 1. The molecule has 2 aromatic rings. The second-order valence-electron chi connectivity index (χ2n) is 4.02. The highest BCUT2D eigenvalue weighted by Gasteiger charge is 2.09. The lowest BCUT2D eigenvalue weighted by molar-refractivity contribution is -0.128. The van der Waals surface area contributed by atoms with Gasteiger partial charge in [0, 0.05) is 11.9 Å². The van der Waals surface area contributed by atoms with E-state index < -0.39 is 12.0 Å². The molecule has 2 aromatic heterocycles. The van der Waals surface area contributed by atoms with E-state index in [0.29, 0.717) is 6.54 Å². The van der Waals surface area contributed by atoms with Crippen LogP contribution < -0.4 is 5.32 Å². The van der Waals surface area contributed by atoms with Gasteiger partial charge in [-0.25, -0.2) is 4.98 Å². The van der Waals surface area contributed by atoms with Crippen molar-refractivity contribution in [3.63, 3.8) is 0 Å². The number of hydrogen-bond donors (Lipinski definition) is 2. The van der Waals surface area contributed by atoms with E-state index in [4.69, 9.17) is 5.11 Å². The smallest absolute Gasteiger partial charge is 0.248 e. The monoisotopic (exact) mass is 233 g/mol. The molecule has 2 heterocycles. The van der Waals surface area contributed by atoms with E-state index in [1.165, 1.54) is 6.92 Å². The number of aliphatic hydroxyl groups is 1. The van der Waals surface area contributed by atoms with E-state index >= 15 is 0 Å². The maximum atomic E-state index is 11.2. The summed E-state index contributed by atoms with van der Waals surface area (Å²) in [5.74, 6) is -0.390. The molecule has 0 aliphatic rings. The topological polar surface area (TPSA) is 66.6 Å². The van der Waals surface area contributed by atoms with E-state index in [9.17, 15) is 4.79 Å². The molecule has 0 saturated heterocycles. The standard InChI is InChI=1S/C12H15N3O2/c1-8-4-3-5-11-14-10(7-15(8)11)6-13-12(17)9(2)16/h3-5,7,9,16H,6H2,1-2H3,(H,13,17). The molecule has 5 heteroatoms. The van der Waals surface area contributed by atoms with Gasteiger partial charge in [-0.15, -0.1) is 0 Å². The number of aryl methyl sites for hydroxylation is 1. The van der Waals surface area contributed by atoms with E-state index in [0.717, 1.165) is 17.0 Å². The molecule has 0 radical (unpaired) electrons. The summed E-state index contributed by atoms with van der Waals surface area (Å²) < 4.78 is 1.96. The number of nitrogens with zero attached hydrogens (tertiary/aromatic N) is 2. The highest BCUT2D eigenvalue weighted by atomic mass is 16.3. The molecule has 0 bridgehead atoms. The average Bonchev–Trinajstić information content (AvgIpc) is 2.70. The number of pyridine rings is 1. The molecular weight excluding hydrogens is 218 g/mol. The van der Waals surface area contributed by atoms with Crippen molar-refractivity contribution >= 4 is 11.6 Å². The number of fused-ring (bicyclic) bond motifs is 1. The Balaban J connectivity index is 2.15. The van der Waals surface area contributed by atoms with Crippen molar-refractivity contribution in [2.45, 2.75) is 26.5 Å². The summed E-state index contributed by atoms with van der Waals surface area (Å²) in [5, 5.41) is 11.7. The Morgan fingerprint density at radius 3 is 3.00 bits per heavy atom. The van der Waals surface area contributed by atoms with Gasteiger partial charge >= 0.3 is 0 Å². The zero-order valence-electron chi connectivity index (χ0n) is 9.84.